The van der Waals surface area contributed by atoms with E-state index in [0.717, 1.165) is 25.3 Å². The summed E-state index contributed by atoms with van der Waals surface area (Å²) in [4.78, 5) is 0. The van der Waals surface area contributed by atoms with Gasteiger partial charge in [0, 0.05) is 18.6 Å². The van der Waals surface area contributed by atoms with E-state index in [0.29, 0.717) is 6.04 Å². The summed E-state index contributed by atoms with van der Waals surface area (Å²) in [7, 11) is 0. The first-order valence-electron chi connectivity index (χ1n) is 7.02. The van der Waals surface area contributed by atoms with Gasteiger partial charge in [-0.1, -0.05) is 31.2 Å². The quantitative estimate of drug-likeness (QED) is 0.688. The van der Waals surface area contributed by atoms with Gasteiger partial charge in [0.1, 0.15) is 6.23 Å². The van der Waals surface area contributed by atoms with E-state index in [-0.39, 0.29) is 6.04 Å². The third-order valence-electron chi connectivity index (χ3n) is 4.29. The summed E-state index contributed by atoms with van der Waals surface area (Å²) in [5.74, 6) is 0.828. The highest BCUT2D eigenvalue weighted by Gasteiger charge is 2.47. The monoisotopic (exact) mass is 246 g/mol. The number of rotatable bonds is 5. The van der Waals surface area contributed by atoms with Crippen LogP contribution in [0.4, 0.5) is 0 Å². The number of hydrogen-bond acceptors (Lipinski definition) is 3. The van der Waals surface area contributed by atoms with Crippen molar-refractivity contribution in [3.8, 4) is 0 Å². The van der Waals surface area contributed by atoms with E-state index in [2.05, 4.69) is 41.8 Å². The van der Waals surface area contributed by atoms with Crippen LogP contribution in [-0.4, -0.2) is 23.4 Å². The van der Waals surface area contributed by atoms with Gasteiger partial charge in [0.15, 0.2) is 0 Å². The number of fused-ring (bicyclic) bond motifs is 1. The molecule has 0 radical (unpaired) electrons. The van der Waals surface area contributed by atoms with E-state index in [1.54, 1.807) is 0 Å². The predicted molar refractivity (Wildman–Crippen MR) is 72.1 cm³/mol. The minimum atomic E-state index is -0.428. The second-order valence-corrected chi connectivity index (χ2v) is 5.56. The van der Waals surface area contributed by atoms with Crippen LogP contribution in [0.2, 0.25) is 0 Å². The SMILES string of the molecule is CCc1ccccc1CNC(O)C1CC2CC2N1. The molecule has 0 spiro atoms. The Labute approximate surface area is 109 Å². The lowest BCUT2D eigenvalue weighted by Crippen LogP contribution is -2.46. The van der Waals surface area contributed by atoms with Crippen molar-refractivity contribution in [3.05, 3.63) is 35.4 Å². The van der Waals surface area contributed by atoms with E-state index >= 15 is 0 Å². The molecule has 4 unspecified atom stereocenters. The molecule has 2 fully saturated rings. The van der Waals surface area contributed by atoms with E-state index < -0.39 is 6.23 Å². The molecular formula is C15H22N2O. The Balaban J connectivity index is 1.53. The number of nitrogens with one attached hydrogen (secondary N) is 2. The second kappa shape index (κ2) is 5.00. The third kappa shape index (κ3) is 2.44. The van der Waals surface area contributed by atoms with E-state index in [1.807, 2.05) is 0 Å². The first kappa shape index (κ1) is 12.2. The van der Waals surface area contributed by atoms with Crippen LogP contribution >= 0.6 is 0 Å². The maximum atomic E-state index is 10.1. The standard InChI is InChI=1S/C15H22N2O/c1-2-10-5-3-4-6-11(10)9-16-15(18)14-8-12-7-13(12)17-14/h3-6,12-18H,2,7-9H2,1H3. The van der Waals surface area contributed by atoms with Crippen LogP contribution in [-0.2, 0) is 13.0 Å². The van der Waals surface area contributed by atoms with Gasteiger partial charge in [-0.3, -0.25) is 5.32 Å². The second-order valence-electron chi connectivity index (χ2n) is 5.56. The van der Waals surface area contributed by atoms with Crippen molar-refractivity contribution in [2.24, 2.45) is 5.92 Å². The fraction of sp³-hybridized carbons (Fsp3) is 0.600. The van der Waals surface area contributed by atoms with Crippen molar-refractivity contribution in [2.75, 3.05) is 0 Å². The Morgan fingerprint density at radius 3 is 2.78 bits per heavy atom. The van der Waals surface area contributed by atoms with Gasteiger partial charge in [-0.25, -0.2) is 0 Å². The van der Waals surface area contributed by atoms with Crippen LogP contribution in [0.1, 0.15) is 30.9 Å². The highest BCUT2D eigenvalue weighted by Crippen LogP contribution is 2.41. The number of aliphatic hydroxyl groups is 1. The summed E-state index contributed by atoms with van der Waals surface area (Å²) >= 11 is 0. The molecule has 1 aromatic rings. The largest absolute Gasteiger partial charge is 0.377 e. The molecule has 3 rings (SSSR count). The predicted octanol–water partition coefficient (Wildman–Crippen LogP) is 1.41. The summed E-state index contributed by atoms with van der Waals surface area (Å²) < 4.78 is 0. The molecule has 3 nitrogen and oxygen atoms in total. The van der Waals surface area contributed by atoms with Gasteiger partial charge in [-0.15, -0.1) is 0 Å². The molecule has 3 N–H and O–H groups in total. The zero-order valence-electron chi connectivity index (χ0n) is 10.9. The summed E-state index contributed by atoms with van der Waals surface area (Å²) in [6.45, 7) is 2.92. The van der Waals surface area contributed by atoms with Gasteiger partial charge in [0.05, 0.1) is 0 Å². The molecule has 1 aromatic carbocycles. The van der Waals surface area contributed by atoms with Gasteiger partial charge in [0.2, 0.25) is 0 Å². The molecule has 3 heteroatoms. The molecule has 98 valence electrons. The van der Waals surface area contributed by atoms with Crippen molar-refractivity contribution < 1.29 is 5.11 Å². The number of aryl methyl sites for hydroxylation is 1. The Bertz CT molecular complexity index is 411. The lowest BCUT2D eigenvalue weighted by Gasteiger charge is -2.22. The van der Waals surface area contributed by atoms with E-state index in [9.17, 15) is 5.11 Å². The smallest absolute Gasteiger partial charge is 0.120 e. The van der Waals surface area contributed by atoms with Crippen LogP contribution in [0.15, 0.2) is 24.3 Å². The lowest BCUT2D eigenvalue weighted by molar-refractivity contribution is 0.0942. The topological polar surface area (TPSA) is 44.3 Å². The molecule has 0 aromatic heterocycles. The Morgan fingerprint density at radius 1 is 1.33 bits per heavy atom. The first-order chi connectivity index (χ1) is 8.78. The van der Waals surface area contributed by atoms with Crippen molar-refractivity contribution in [3.63, 3.8) is 0 Å². The summed E-state index contributed by atoms with van der Waals surface area (Å²) in [6.07, 6.45) is 3.04. The molecule has 1 saturated carbocycles. The summed E-state index contributed by atoms with van der Waals surface area (Å²) in [6, 6.07) is 9.36. The van der Waals surface area contributed by atoms with E-state index in [4.69, 9.17) is 0 Å². The van der Waals surface area contributed by atoms with Crippen LogP contribution in [0.3, 0.4) is 0 Å². The molecule has 2 aliphatic rings. The fourth-order valence-electron chi connectivity index (χ4n) is 3.03. The molecule has 1 aliphatic heterocycles. The zero-order chi connectivity index (χ0) is 12.5. The van der Waals surface area contributed by atoms with Gasteiger partial charge in [-0.05, 0) is 36.3 Å². The lowest BCUT2D eigenvalue weighted by atomic mass is 10.0. The first-order valence-corrected chi connectivity index (χ1v) is 7.02. The number of hydrogen-bond donors (Lipinski definition) is 3. The van der Waals surface area contributed by atoms with Crippen LogP contribution in [0.5, 0.6) is 0 Å². The normalized spacial score (nSPS) is 31.1. The summed E-state index contributed by atoms with van der Waals surface area (Å²) in [5.41, 5.74) is 2.65. The molecule has 1 heterocycles. The van der Waals surface area contributed by atoms with Gasteiger partial charge in [0.25, 0.3) is 0 Å². The Morgan fingerprint density at radius 2 is 2.11 bits per heavy atom. The van der Waals surface area contributed by atoms with Crippen molar-refractivity contribution in [2.45, 2.75) is 51.0 Å². The molecule has 0 bridgehead atoms. The van der Waals surface area contributed by atoms with Gasteiger partial charge >= 0.3 is 0 Å². The van der Waals surface area contributed by atoms with E-state index in [1.165, 1.54) is 17.5 Å². The maximum Gasteiger partial charge on any atom is 0.120 e. The van der Waals surface area contributed by atoms with Gasteiger partial charge in [-0.2, -0.15) is 0 Å². The third-order valence-corrected chi connectivity index (χ3v) is 4.29. The average molecular weight is 246 g/mol. The number of piperidine rings is 1. The number of benzene rings is 1. The minimum Gasteiger partial charge on any atom is -0.377 e. The highest BCUT2D eigenvalue weighted by atomic mass is 16.3. The average Bonchev–Trinajstić information content (AvgIpc) is 3.02. The highest BCUT2D eigenvalue weighted by molar-refractivity contribution is 5.26. The minimum absolute atomic E-state index is 0.238. The van der Waals surface area contributed by atoms with Crippen LogP contribution in [0, 0.1) is 5.92 Å². The van der Waals surface area contributed by atoms with Crippen molar-refractivity contribution in [1.29, 1.82) is 0 Å². The molecule has 1 saturated heterocycles. The molecule has 4 atom stereocenters. The zero-order valence-corrected chi connectivity index (χ0v) is 10.9. The molecule has 18 heavy (non-hydrogen) atoms. The molecular weight excluding hydrogens is 224 g/mol. The maximum absolute atomic E-state index is 10.1. The fourth-order valence-corrected chi connectivity index (χ4v) is 3.03. The Kier molecular flexibility index (Phi) is 3.37. The van der Waals surface area contributed by atoms with Gasteiger partial charge < -0.3 is 10.4 Å². The molecule has 0 amide bonds. The van der Waals surface area contributed by atoms with Crippen molar-refractivity contribution in [1.82, 2.24) is 10.6 Å². The van der Waals surface area contributed by atoms with Crippen LogP contribution in [0.25, 0.3) is 0 Å². The Hall–Kier alpha value is -0.900. The number of aliphatic hydroxyl groups excluding tert-OH is 1. The van der Waals surface area contributed by atoms with Crippen molar-refractivity contribution >= 4 is 0 Å². The summed E-state index contributed by atoms with van der Waals surface area (Å²) in [5, 5.41) is 16.9. The van der Waals surface area contributed by atoms with Crippen LogP contribution < -0.4 is 10.6 Å². The molecule has 1 aliphatic carbocycles.